The summed E-state index contributed by atoms with van der Waals surface area (Å²) in [6, 6.07) is 60.5. The Balaban J connectivity index is 1.17. The molecule has 1 atom stereocenters. The van der Waals surface area contributed by atoms with E-state index in [2.05, 4.69) is 187 Å². The normalized spacial score (nSPS) is 16.3. The smallest absolute Gasteiger partial charge is 0.131 e. The van der Waals surface area contributed by atoms with Crippen LogP contribution in [0.3, 0.4) is 0 Å². The SMILES string of the molecule is C1=CCC2C(=C1)Oc1ccc(N(c3ccc(-c4ccccc4)cc3)c3cccc4c3-c3ccccc3C43c4ccccc4-c4ccccc43)cc12. The van der Waals surface area contributed by atoms with E-state index in [4.69, 9.17) is 4.74 Å². The van der Waals surface area contributed by atoms with Crippen LogP contribution in [-0.2, 0) is 5.41 Å². The maximum absolute atomic E-state index is 6.36. The van der Waals surface area contributed by atoms with Gasteiger partial charge in [0.25, 0.3) is 0 Å². The van der Waals surface area contributed by atoms with E-state index in [1.165, 1.54) is 66.9 Å². The second kappa shape index (κ2) is 10.8. The number of nitrogens with zero attached hydrogens (tertiary/aromatic N) is 1. The van der Waals surface area contributed by atoms with Gasteiger partial charge in [-0.25, -0.2) is 0 Å². The molecule has 0 saturated carbocycles. The Hall–Kier alpha value is -6.38. The molecule has 3 aliphatic carbocycles. The molecule has 0 bridgehead atoms. The van der Waals surface area contributed by atoms with Crippen molar-refractivity contribution in [1.82, 2.24) is 0 Å². The van der Waals surface area contributed by atoms with Gasteiger partial charge in [0.15, 0.2) is 0 Å². The summed E-state index contributed by atoms with van der Waals surface area (Å²) in [5.41, 5.74) is 17.3. The van der Waals surface area contributed by atoms with Gasteiger partial charge in [-0.1, -0.05) is 140 Å². The maximum atomic E-state index is 6.36. The van der Waals surface area contributed by atoms with Crippen molar-refractivity contribution in [3.63, 3.8) is 0 Å². The molecule has 0 radical (unpaired) electrons. The third-order valence-electron chi connectivity index (χ3n) is 11.4. The summed E-state index contributed by atoms with van der Waals surface area (Å²) in [6.07, 6.45) is 7.42. The second-order valence-electron chi connectivity index (χ2n) is 13.9. The standard InChI is InChI=1S/C49H33NO/c1-2-13-32(14-3-1)33-25-27-34(28-26-33)50(35-29-30-47-40(31-35)38-17-7-11-24-46(38)51-47)45-23-12-22-44-48(45)39-18-6-10-21-43(39)49(44)41-19-8-4-15-36(41)37-16-5-9-20-42(37)49/h1-16,18-31,38H,17H2. The van der Waals surface area contributed by atoms with Gasteiger partial charge < -0.3 is 9.64 Å². The zero-order valence-corrected chi connectivity index (χ0v) is 28.0. The summed E-state index contributed by atoms with van der Waals surface area (Å²) in [6.45, 7) is 0. The van der Waals surface area contributed by atoms with Gasteiger partial charge in [0.2, 0.25) is 0 Å². The average Bonchev–Trinajstić information content (AvgIpc) is 3.83. The van der Waals surface area contributed by atoms with Gasteiger partial charge in [0, 0.05) is 28.4 Å². The highest BCUT2D eigenvalue weighted by Crippen LogP contribution is 2.64. The molecule has 1 spiro atoms. The molecule has 2 nitrogen and oxygen atoms in total. The number of rotatable bonds is 4. The lowest BCUT2D eigenvalue weighted by molar-refractivity contribution is 0.425. The second-order valence-corrected chi connectivity index (χ2v) is 13.9. The van der Waals surface area contributed by atoms with E-state index in [1.807, 2.05) is 0 Å². The largest absolute Gasteiger partial charge is 0.461 e. The molecule has 0 saturated heterocycles. The van der Waals surface area contributed by atoms with Crippen LogP contribution in [0.25, 0.3) is 33.4 Å². The summed E-state index contributed by atoms with van der Waals surface area (Å²) < 4.78 is 6.36. The lowest BCUT2D eigenvalue weighted by Crippen LogP contribution is -2.26. The Morgan fingerprint density at radius 1 is 0.529 bits per heavy atom. The van der Waals surface area contributed by atoms with Gasteiger partial charge in [-0.3, -0.25) is 0 Å². The fourth-order valence-corrected chi connectivity index (χ4v) is 9.33. The number of anilines is 3. The van der Waals surface area contributed by atoms with Crippen LogP contribution in [0, 0.1) is 0 Å². The maximum Gasteiger partial charge on any atom is 0.131 e. The van der Waals surface area contributed by atoms with E-state index in [1.54, 1.807) is 0 Å². The third-order valence-corrected chi connectivity index (χ3v) is 11.4. The van der Waals surface area contributed by atoms with Gasteiger partial charge in [0.1, 0.15) is 11.5 Å². The molecule has 4 aliphatic rings. The molecule has 1 heterocycles. The van der Waals surface area contributed by atoms with Gasteiger partial charge in [-0.15, -0.1) is 0 Å². The minimum atomic E-state index is -0.405. The van der Waals surface area contributed by atoms with Crippen molar-refractivity contribution in [2.45, 2.75) is 17.8 Å². The Kier molecular flexibility index (Phi) is 6.03. The van der Waals surface area contributed by atoms with E-state index in [0.29, 0.717) is 0 Å². The summed E-state index contributed by atoms with van der Waals surface area (Å²) in [4.78, 5) is 2.47. The van der Waals surface area contributed by atoms with Crippen LogP contribution in [0.5, 0.6) is 5.75 Å². The molecule has 7 aromatic rings. The third kappa shape index (κ3) is 3.93. The summed E-state index contributed by atoms with van der Waals surface area (Å²) in [5, 5.41) is 0. The van der Waals surface area contributed by atoms with E-state index >= 15 is 0 Å². The van der Waals surface area contributed by atoms with E-state index < -0.39 is 5.41 Å². The average molecular weight is 652 g/mol. The van der Waals surface area contributed by atoms with Crippen LogP contribution in [-0.4, -0.2) is 0 Å². The van der Waals surface area contributed by atoms with Crippen molar-refractivity contribution in [2.75, 3.05) is 4.90 Å². The predicted molar refractivity (Wildman–Crippen MR) is 208 cm³/mol. The van der Waals surface area contributed by atoms with Crippen LogP contribution in [0.1, 0.15) is 40.2 Å². The van der Waals surface area contributed by atoms with Gasteiger partial charge in [-0.2, -0.15) is 0 Å². The fourth-order valence-electron chi connectivity index (χ4n) is 9.33. The van der Waals surface area contributed by atoms with Crippen molar-refractivity contribution in [1.29, 1.82) is 0 Å². The Labute approximate surface area is 298 Å². The fraction of sp³-hybridized carbons (Fsp3) is 0.0612. The van der Waals surface area contributed by atoms with Crippen molar-refractivity contribution in [2.24, 2.45) is 0 Å². The van der Waals surface area contributed by atoms with Gasteiger partial charge in [-0.05, 0) is 99.0 Å². The van der Waals surface area contributed by atoms with Crippen LogP contribution in [0.15, 0.2) is 188 Å². The summed E-state index contributed by atoms with van der Waals surface area (Å²) >= 11 is 0. The molecule has 240 valence electrons. The molecule has 1 aliphatic heterocycles. The minimum Gasteiger partial charge on any atom is -0.461 e. The molecule has 51 heavy (non-hydrogen) atoms. The first-order valence-corrected chi connectivity index (χ1v) is 17.9. The van der Waals surface area contributed by atoms with Crippen molar-refractivity contribution >= 4 is 17.1 Å². The first kappa shape index (κ1) is 28.5. The number of fused-ring (bicyclic) bond motifs is 13. The molecule has 1 unspecified atom stereocenters. The van der Waals surface area contributed by atoms with Crippen LogP contribution in [0.4, 0.5) is 17.1 Å². The minimum absolute atomic E-state index is 0.240. The first-order valence-electron chi connectivity index (χ1n) is 17.9. The van der Waals surface area contributed by atoms with E-state index in [0.717, 1.165) is 29.3 Å². The van der Waals surface area contributed by atoms with Gasteiger partial charge >= 0.3 is 0 Å². The highest BCUT2D eigenvalue weighted by molar-refractivity contribution is 6.01. The van der Waals surface area contributed by atoms with Crippen molar-refractivity contribution in [3.05, 3.63) is 216 Å². The van der Waals surface area contributed by atoms with Gasteiger partial charge in [0.05, 0.1) is 11.1 Å². The first-order chi connectivity index (χ1) is 25.3. The lowest BCUT2D eigenvalue weighted by Gasteiger charge is -2.32. The number of benzene rings is 7. The Bertz CT molecular complexity index is 2550. The van der Waals surface area contributed by atoms with Crippen LogP contribution in [0.2, 0.25) is 0 Å². The monoisotopic (exact) mass is 651 g/mol. The summed E-state index contributed by atoms with van der Waals surface area (Å²) in [7, 11) is 0. The quantitative estimate of drug-likeness (QED) is 0.188. The Morgan fingerprint density at radius 2 is 1.14 bits per heavy atom. The molecular formula is C49H33NO. The number of ether oxygens (including phenoxy) is 1. The molecule has 0 amide bonds. The van der Waals surface area contributed by atoms with E-state index in [9.17, 15) is 0 Å². The zero-order chi connectivity index (χ0) is 33.5. The topological polar surface area (TPSA) is 12.5 Å². The highest BCUT2D eigenvalue weighted by Gasteiger charge is 2.52. The van der Waals surface area contributed by atoms with Crippen molar-refractivity contribution < 1.29 is 4.74 Å². The number of allylic oxidation sites excluding steroid dienone is 4. The van der Waals surface area contributed by atoms with E-state index in [-0.39, 0.29) is 5.92 Å². The summed E-state index contributed by atoms with van der Waals surface area (Å²) in [5.74, 6) is 2.24. The molecule has 11 rings (SSSR count). The molecular weight excluding hydrogens is 619 g/mol. The molecule has 2 heteroatoms. The lowest BCUT2D eigenvalue weighted by atomic mass is 9.70. The Morgan fingerprint density at radius 3 is 1.88 bits per heavy atom. The number of hydrogen-bond donors (Lipinski definition) is 0. The zero-order valence-electron chi connectivity index (χ0n) is 28.0. The predicted octanol–water partition coefficient (Wildman–Crippen LogP) is 12.5. The molecule has 7 aromatic carbocycles. The molecule has 0 aromatic heterocycles. The van der Waals surface area contributed by atoms with Crippen LogP contribution >= 0.6 is 0 Å². The highest BCUT2D eigenvalue weighted by atomic mass is 16.5. The van der Waals surface area contributed by atoms with Crippen LogP contribution < -0.4 is 9.64 Å². The molecule has 0 fully saturated rings. The molecule has 0 N–H and O–H groups in total. The van der Waals surface area contributed by atoms with Crippen molar-refractivity contribution in [3.8, 4) is 39.1 Å². The number of hydrogen-bond acceptors (Lipinski definition) is 2.